The van der Waals surface area contributed by atoms with E-state index < -0.39 is 0 Å². The van der Waals surface area contributed by atoms with Gasteiger partial charge in [-0.2, -0.15) is 0 Å². The molecule has 6 heteroatoms. The first-order valence-electron chi connectivity index (χ1n) is 8.10. The zero-order valence-corrected chi connectivity index (χ0v) is 15.8. The fourth-order valence-electron chi connectivity index (χ4n) is 3.06. The van der Waals surface area contributed by atoms with Gasteiger partial charge in [0.05, 0.1) is 5.75 Å². The van der Waals surface area contributed by atoms with Gasteiger partial charge in [-0.15, -0.1) is 11.3 Å². The number of hydrogen-bond donors (Lipinski definition) is 0. The van der Waals surface area contributed by atoms with Gasteiger partial charge in [0, 0.05) is 23.4 Å². The van der Waals surface area contributed by atoms with Gasteiger partial charge in [0.15, 0.2) is 0 Å². The Hall–Kier alpha value is -1.14. The topological polar surface area (TPSA) is 46.1 Å². The average Bonchev–Trinajstić information content (AvgIpc) is 2.79. The Labute approximate surface area is 145 Å². The number of piperidine rings is 1. The molecule has 0 bridgehead atoms. The second-order valence-corrected chi connectivity index (χ2v) is 8.58. The van der Waals surface area contributed by atoms with Gasteiger partial charge in [-0.25, -0.2) is 9.97 Å². The van der Waals surface area contributed by atoms with Crippen molar-refractivity contribution in [3.05, 3.63) is 16.3 Å². The van der Waals surface area contributed by atoms with Crippen LogP contribution in [-0.2, 0) is 4.79 Å². The SMILES string of the molecule is Cc1nc(SCC(=O)N2CCCC(C)C2)c2c(C)c(C)sc2n1. The molecule has 3 rings (SSSR count). The number of carbonyl (C=O) groups is 1. The molecule has 0 aliphatic carbocycles. The van der Waals surface area contributed by atoms with Gasteiger partial charge in [0.25, 0.3) is 0 Å². The summed E-state index contributed by atoms with van der Waals surface area (Å²) >= 11 is 3.27. The van der Waals surface area contributed by atoms with Crippen molar-refractivity contribution in [1.29, 1.82) is 0 Å². The minimum Gasteiger partial charge on any atom is -0.342 e. The molecule has 1 aliphatic rings. The molecule has 23 heavy (non-hydrogen) atoms. The number of hydrogen-bond acceptors (Lipinski definition) is 5. The molecule has 4 nitrogen and oxygen atoms in total. The summed E-state index contributed by atoms with van der Waals surface area (Å²) in [5.74, 6) is 2.09. The number of amides is 1. The molecule has 1 aliphatic heterocycles. The molecule has 0 aromatic carbocycles. The average molecular weight is 350 g/mol. The maximum Gasteiger partial charge on any atom is 0.232 e. The van der Waals surface area contributed by atoms with Crippen LogP contribution in [0.1, 0.15) is 36.0 Å². The predicted molar refractivity (Wildman–Crippen MR) is 97.3 cm³/mol. The summed E-state index contributed by atoms with van der Waals surface area (Å²) in [5, 5.41) is 2.08. The molecule has 1 amide bonds. The third-order valence-electron chi connectivity index (χ3n) is 4.45. The van der Waals surface area contributed by atoms with Crippen LogP contribution in [0.25, 0.3) is 10.2 Å². The predicted octanol–water partition coefficient (Wildman–Crippen LogP) is 3.97. The van der Waals surface area contributed by atoms with Crippen molar-refractivity contribution in [2.75, 3.05) is 18.8 Å². The van der Waals surface area contributed by atoms with Gasteiger partial charge in [-0.1, -0.05) is 18.7 Å². The monoisotopic (exact) mass is 349 g/mol. The van der Waals surface area contributed by atoms with Gasteiger partial charge < -0.3 is 4.90 Å². The van der Waals surface area contributed by atoms with Crippen LogP contribution in [0.5, 0.6) is 0 Å². The van der Waals surface area contributed by atoms with E-state index in [-0.39, 0.29) is 5.91 Å². The molecule has 0 spiro atoms. The first-order chi connectivity index (χ1) is 11.0. The van der Waals surface area contributed by atoms with Gasteiger partial charge in [-0.3, -0.25) is 4.79 Å². The standard InChI is InChI=1S/C17H23N3OS2/c1-10-6-5-7-20(8-10)14(21)9-22-16-15-11(2)12(3)23-17(15)19-13(4)18-16/h10H,5-9H2,1-4H3. The number of aryl methyl sites for hydroxylation is 3. The highest BCUT2D eigenvalue weighted by molar-refractivity contribution is 8.00. The van der Waals surface area contributed by atoms with Crippen molar-refractivity contribution < 1.29 is 4.79 Å². The molecule has 2 aromatic heterocycles. The summed E-state index contributed by atoms with van der Waals surface area (Å²) < 4.78 is 0. The molecule has 0 N–H and O–H groups in total. The highest BCUT2D eigenvalue weighted by atomic mass is 32.2. The third-order valence-corrected chi connectivity index (χ3v) is 6.51. The summed E-state index contributed by atoms with van der Waals surface area (Å²) in [6.45, 7) is 10.2. The van der Waals surface area contributed by atoms with E-state index in [4.69, 9.17) is 0 Å². The van der Waals surface area contributed by atoms with E-state index in [1.807, 2.05) is 11.8 Å². The zero-order chi connectivity index (χ0) is 16.6. The van der Waals surface area contributed by atoms with Crippen LogP contribution in [0.15, 0.2) is 5.03 Å². The Morgan fingerprint density at radius 3 is 2.87 bits per heavy atom. The lowest BCUT2D eigenvalue weighted by atomic mass is 10.0. The Morgan fingerprint density at radius 2 is 2.13 bits per heavy atom. The maximum atomic E-state index is 12.5. The van der Waals surface area contributed by atoms with E-state index in [0.29, 0.717) is 11.7 Å². The van der Waals surface area contributed by atoms with E-state index in [2.05, 4.69) is 30.7 Å². The molecule has 0 saturated carbocycles. The van der Waals surface area contributed by atoms with E-state index in [9.17, 15) is 4.79 Å². The Kier molecular flexibility index (Phi) is 4.92. The summed E-state index contributed by atoms with van der Waals surface area (Å²) in [6, 6.07) is 0. The molecular weight excluding hydrogens is 326 g/mol. The first-order valence-corrected chi connectivity index (χ1v) is 9.91. The lowest BCUT2D eigenvalue weighted by molar-refractivity contribution is -0.130. The summed E-state index contributed by atoms with van der Waals surface area (Å²) in [7, 11) is 0. The number of nitrogens with zero attached hydrogens (tertiary/aromatic N) is 3. The number of thioether (sulfide) groups is 1. The van der Waals surface area contributed by atoms with Crippen LogP contribution < -0.4 is 0 Å². The van der Waals surface area contributed by atoms with Crippen molar-refractivity contribution in [2.24, 2.45) is 5.92 Å². The summed E-state index contributed by atoms with van der Waals surface area (Å²) in [5.41, 5.74) is 1.24. The minimum absolute atomic E-state index is 0.232. The Morgan fingerprint density at radius 1 is 1.35 bits per heavy atom. The molecule has 2 aromatic rings. The van der Waals surface area contributed by atoms with Gasteiger partial charge >= 0.3 is 0 Å². The van der Waals surface area contributed by atoms with Gasteiger partial charge in [0.2, 0.25) is 5.91 Å². The molecule has 1 atom stereocenters. The van der Waals surface area contributed by atoms with Crippen molar-refractivity contribution in [2.45, 2.75) is 45.6 Å². The van der Waals surface area contributed by atoms with Crippen molar-refractivity contribution in [3.63, 3.8) is 0 Å². The lowest BCUT2D eigenvalue weighted by Gasteiger charge is -2.30. The van der Waals surface area contributed by atoms with E-state index in [1.54, 1.807) is 23.1 Å². The van der Waals surface area contributed by atoms with Gasteiger partial charge in [-0.05, 0) is 45.1 Å². The van der Waals surface area contributed by atoms with Crippen LogP contribution in [0.3, 0.4) is 0 Å². The lowest BCUT2D eigenvalue weighted by Crippen LogP contribution is -2.40. The Bertz CT molecular complexity index is 741. The second kappa shape index (κ2) is 6.77. The molecular formula is C17H23N3OS2. The summed E-state index contributed by atoms with van der Waals surface area (Å²) in [6.07, 6.45) is 2.35. The van der Waals surface area contributed by atoms with Gasteiger partial charge in [0.1, 0.15) is 15.7 Å². The fraction of sp³-hybridized carbons (Fsp3) is 0.588. The second-order valence-electron chi connectivity index (χ2n) is 6.42. The van der Waals surface area contributed by atoms with Crippen LogP contribution in [-0.4, -0.2) is 39.6 Å². The molecule has 1 saturated heterocycles. The number of fused-ring (bicyclic) bond motifs is 1. The van der Waals surface area contributed by atoms with Crippen LogP contribution in [0.2, 0.25) is 0 Å². The number of rotatable bonds is 3. The number of thiophene rings is 1. The van der Waals surface area contributed by atoms with Crippen molar-refractivity contribution >= 4 is 39.2 Å². The van der Waals surface area contributed by atoms with Crippen LogP contribution >= 0.6 is 23.1 Å². The molecule has 124 valence electrons. The van der Waals surface area contributed by atoms with Crippen molar-refractivity contribution in [3.8, 4) is 0 Å². The molecule has 1 fully saturated rings. The third kappa shape index (κ3) is 3.53. The smallest absolute Gasteiger partial charge is 0.232 e. The first kappa shape index (κ1) is 16.7. The zero-order valence-electron chi connectivity index (χ0n) is 14.2. The van der Waals surface area contributed by atoms with Crippen LogP contribution in [0.4, 0.5) is 0 Å². The summed E-state index contributed by atoms with van der Waals surface area (Å²) in [4.78, 5) is 26.0. The Balaban J connectivity index is 1.77. The van der Waals surface area contributed by atoms with E-state index in [0.717, 1.165) is 40.6 Å². The van der Waals surface area contributed by atoms with E-state index in [1.165, 1.54) is 16.9 Å². The fourth-order valence-corrected chi connectivity index (χ4v) is 5.23. The highest BCUT2D eigenvalue weighted by Gasteiger charge is 2.22. The maximum absolute atomic E-state index is 12.5. The molecule has 3 heterocycles. The normalized spacial score (nSPS) is 18.6. The minimum atomic E-state index is 0.232. The quantitative estimate of drug-likeness (QED) is 0.621. The largest absolute Gasteiger partial charge is 0.342 e. The molecule has 0 radical (unpaired) electrons. The number of aromatic nitrogens is 2. The van der Waals surface area contributed by atoms with Crippen molar-refractivity contribution in [1.82, 2.24) is 14.9 Å². The van der Waals surface area contributed by atoms with E-state index >= 15 is 0 Å². The highest BCUT2D eigenvalue weighted by Crippen LogP contribution is 2.35. The number of likely N-dealkylation sites (tertiary alicyclic amines) is 1. The molecule has 1 unspecified atom stereocenters. The number of carbonyl (C=O) groups excluding carboxylic acids is 1. The van der Waals surface area contributed by atoms with Crippen LogP contribution in [0, 0.1) is 26.7 Å².